The van der Waals surface area contributed by atoms with Crippen molar-refractivity contribution in [2.24, 2.45) is 0 Å². The van der Waals surface area contributed by atoms with E-state index in [1.807, 2.05) is 63.2 Å². The van der Waals surface area contributed by atoms with Gasteiger partial charge >= 0.3 is 0 Å². The fourth-order valence-electron chi connectivity index (χ4n) is 2.88. The summed E-state index contributed by atoms with van der Waals surface area (Å²) in [6.07, 6.45) is 0.995. The summed E-state index contributed by atoms with van der Waals surface area (Å²) in [5.41, 5.74) is 1.69. The molecule has 4 nitrogen and oxygen atoms in total. The van der Waals surface area contributed by atoms with E-state index >= 15 is 0 Å². The second-order valence-electron chi connectivity index (χ2n) is 8.05. The molecule has 0 fully saturated rings. The van der Waals surface area contributed by atoms with Gasteiger partial charge in [-0.25, -0.2) is 0 Å². The Morgan fingerprint density at radius 1 is 1.00 bits per heavy atom. The first kappa shape index (κ1) is 22.0. The Kier molecular flexibility index (Phi) is 7.64. The van der Waals surface area contributed by atoms with E-state index in [0.717, 1.165) is 11.1 Å². The molecule has 2 aromatic rings. The summed E-state index contributed by atoms with van der Waals surface area (Å²) in [4.78, 5) is 27.4. The van der Waals surface area contributed by atoms with Crippen LogP contribution in [0.25, 0.3) is 0 Å². The fraction of sp³-hybridized carbons (Fsp3) is 0.391. The van der Waals surface area contributed by atoms with E-state index in [-0.39, 0.29) is 17.4 Å². The molecule has 0 aromatic heterocycles. The van der Waals surface area contributed by atoms with Crippen molar-refractivity contribution in [3.05, 3.63) is 70.7 Å². The number of aryl methyl sites for hydroxylation is 1. The van der Waals surface area contributed by atoms with Gasteiger partial charge in [0.1, 0.15) is 6.04 Å². The monoisotopic (exact) mass is 400 g/mol. The number of hydrogen-bond acceptors (Lipinski definition) is 2. The zero-order chi connectivity index (χ0) is 20.7. The number of amides is 2. The zero-order valence-electron chi connectivity index (χ0n) is 17.0. The molecule has 5 heteroatoms. The van der Waals surface area contributed by atoms with Crippen LogP contribution in [0.4, 0.5) is 0 Å². The van der Waals surface area contributed by atoms with Gasteiger partial charge in [-0.3, -0.25) is 9.59 Å². The molecule has 0 heterocycles. The normalized spacial score (nSPS) is 12.3. The largest absolute Gasteiger partial charge is 0.350 e. The lowest BCUT2D eigenvalue weighted by atomic mass is 10.1. The maximum Gasteiger partial charge on any atom is 0.242 e. The van der Waals surface area contributed by atoms with Crippen LogP contribution in [-0.4, -0.2) is 28.3 Å². The lowest BCUT2D eigenvalue weighted by Gasteiger charge is -2.31. The van der Waals surface area contributed by atoms with Crippen LogP contribution in [0.3, 0.4) is 0 Å². The van der Waals surface area contributed by atoms with Gasteiger partial charge in [-0.1, -0.05) is 54.1 Å². The predicted octanol–water partition coefficient (Wildman–Crippen LogP) is 4.60. The molecule has 0 aliphatic carbocycles. The molecule has 1 atom stereocenters. The first-order valence-electron chi connectivity index (χ1n) is 9.55. The van der Waals surface area contributed by atoms with Gasteiger partial charge in [0.25, 0.3) is 0 Å². The zero-order valence-corrected chi connectivity index (χ0v) is 17.8. The summed E-state index contributed by atoms with van der Waals surface area (Å²) in [7, 11) is 0. The molecule has 2 amide bonds. The number of benzene rings is 2. The van der Waals surface area contributed by atoms with Crippen molar-refractivity contribution in [3.63, 3.8) is 0 Å². The maximum absolute atomic E-state index is 13.0. The summed E-state index contributed by atoms with van der Waals surface area (Å²) in [6, 6.07) is 16.7. The van der Waals surface area contributed by atoms with Crippen LogP contribution in [0, 0.1) is 0 Å². The Balaban J connectivity index is 2.15. The van der Waals surface area contributed by atoms with E-state index in [9.17, 15) is 9.59 Å². The van der Waals surface area contributed by atoms with E-state index in [1.165, 1.54) is 0 Å². The van der Waals surface area contributed by atoms with Crippen molar-refractivity contribution in [2.75, 3.05) is 0 Å². The highest BCUT2D eigenvalue weighted by Gasteiger charge is 2.28. The minimum Gasteiger partial charge on any atom is -0.350 e. The Morgan fingerprint density at radius 3 is 2.18 bits per heavy atom. The summed E-state index contributed by atoms with van der Waals surface area (Å²) in [6.45, 7) is 7.93. The number of nitrogens with zero attached hydrogens (tertiary/aromatic N) is 1. The topological polar surface area (TPSA) is 49.4 Å². The van der Waals surface area contributed by atoms with Crippen molar-refractivity contribution in [3.8, 4) is 0 Å². The van der Waals surface area contributed by atoms with Crippen LogP contribution in [0.15, 0.2) is 54.6 Å². The second-order valence-corrected chi connectivity index (χ2v) is 8.49. The summed E-state index contributed by atoms with van der Waals surface area (Å²) < 4.78 is 0. The molecule has 0 aliphatic heterocycles. The number of carbonyl (C=O) groups is 2. The van der Waals surface area contributed by atoms with Crippen LogP contribution in [0.1, 0.15) is 45.2 Å². The van der Waals surface area contributed by atoms with Crippen molar-refractivity contribution in [2.45, 2.75) is 58.7 Å². The van der Waals surface area contributed by atoms with Gasteiger partial charge in [0.2, 0.25) is 11.8 Å². The van der Waals surface area contributed by atoms with Gasteiger partial charge in [-0.2, -0.15) is 0 Å². The average molecular weight is 401 g/mol. The van der Waals surface area contributed by atoms with Crippen LogP contribution in [0.2, 0.25) is 5.02 Å². The van der Waals surface area contributed by atoms with Gasteiger partial charge in [0.15, 0.2) is 0 Å². The standard InChI is InChI=1S/C23H29ClN2O2/c1-17(22(28)25-23(2,3)4)26(16-19-10-13-20(24)14-11-19)21(27)15-12-18-8-6-5-7-9-18/h5-11,13-14,17H,12,15-16H2,1-4H3,(H,25,28). The third-order valence-electron chi connectivity index (χ3n) is 4.40. The molecule has 150 valence electrons. The van der Waals surface area contributed by atoms with Crippen molar-refractivity contribution in [1.29, 1.82) is 0 Å². The molecule has 0 saturated heterocycles. The van der Waals surface area contributed by atoms with Crippen LogP contribution in [-0.2, 0) is 22.6 Å². The van der Waals surface area contributed by atoms with Gasteiger partial charge in [-0.05, 0) is 57.4 Å². The first-order chi connectivity index (χ1) is 13.2. The number of rotatable bonds is 7. The van der Waals surface area contributed by atoms with E-state index < -0.39 is 6.04 Å². The highest BCUT2D eigenvalue weighted by molar-refractivity contribution is 6.30. The predicted molar refractivity (Wildman–Crippen MR) is 114 cm³/mol. The minimum atomic E-state index is -0.571. The fourth-order valence-corrected chi connectivity index (χ4v) is 3.01. The molecule has 0 radical (unpaired) electrons. The molecule has 1 N–H and O–H groups in total. The number of halogens is 1. The highest BCUT2D eigenvalue weighted by atomic mass is 35.5. The lowest BCUT2D eigenvalue weighted by Crippen LogP contribution is -2.52. The highest BCUT2D eigenvalue weighted by Crippen LogP contribution is 2.16. The maximum atomic E-state index is 13.0. The third-order valence-corrected chi connectivity index (χ3v) is 4.65. The second kappa shape index (κ2) is 9.74. The molecule has 0 saturated carbocycles. The molecule has 1 unspecified atom stereocenters. The summed E-state index contributed by atoms with van der Waals surface area (Å²) in [5, 5.41) is 3.61. The van der Waals surface area contributed by atoms with Gasteiger partial charge in [-0.15, -0.1) is 0 Å². The Hall–Kier alpha value is -2.33. The molecule has 0 spiro atoms. The number of hydrogen-bond donors (Lipinski definition) is 1. The van der Waals surface area contributed by atoms with Gasteiger partial charge in [0.05, 0.1) is 0 Å². The molecule has 0 aliphatic rings. The smallest absolute Gasteiger partial charge is 0.242 e. The summed E-state index contributed by atoms with van der Waals surface area (Å²) in [5.74, 6) is -0.204. The van der Waals surface area contributed by atoms with E-state index in [0.29, 0.717) is 24.4 Å². The average Bonchev–Trinajstić information content (AvgIpc) is 2.64. The van der Waals surface area contributed by atoms with E-state index in [1.54, 1.807) is 24.0 Å². The lowest BCUT2D eigenvalue weighted by molar-refractivity contribution is -0.141. The molecule has 28 heavy (non-hydrogen) atoms. The molecule has 2 aromatic carbocycles. The number of nitrogens with one attached hydrogen (secondary N) is 1. The molecule has 2 rings (SSSR count). The van der Waals surface area contributed by atoms with Gasteiger partial charge < -0.3 is 10.2 Å². The Morgan fingerprint density at radius 2 is 1.61 bits per heavy atom. The van der Waals surface area contributed by atoms with Crippen molar-refractivity contribution >= 4 is 23.4 Å². The molecular weight excluding hydrogens is 372 g/mol. The number of carbonyl (C=O) groups excluding carboxylic acids is 2. The third kappa shape index (κ3) is 7.01. The van der Waals surface area contributed by atoms with E-state index in [4.69, 9.17) is 11.6 Å². The van der Waals surface area contributed by atoms with Gasteiger partial charge in [0, 0.05) is 23.5 Å². The van der Waals surface area contributed by atoms with Crippen LogP contribution < -0.4 is 5.32 Å². The van der Waals surface area contributed by atoms with E-state index in [2.05, 4.69) is 5.32 Å². The van der Waals surface area contributed by atoms with Crippen LogP contribution in [0.5, 0.6) is 0 Å². The molecule has 0 bridgehead atoms. The quantitative estimate of drug-likeness (QED) is 0.738. The summed E-state index contributed by atoms with van der Waals surface area (Å²) >= 11 is 5.97. The first-order valence-corrected chi connectivity index (χ1v) is 9.93. The minimum absolute atomic E-state index is 0.0460. The van der Waals surface area contributed by atoms with Crippen LogP contribution >= 0.6 is 11.6 Å². The Labute approximate surface area is 172 Å². The van der Waals surface area contributed by atoms with Crippen molar-refractivity contribution < 1.29 is 9.59 Å². The SMILES string of the molecule is CC(C(=O)NC(C)(C)C)N(Cc1ccc(Cl)cc1)C(=O)CCc1ccccc1. The Bertz CT molecular complexity index is 782. The van der Waals surface area contributed by atoms with Crippen molar-refractivity contribution in [1.82, 2.24) is 10.2 Å². The molecular formula is C23H29ClN2O2.